The van der Waals surface area contributed by atoms with Crippen molar-refractivity contribution >= 4 is 5.82 Å². The molecule has 2 aromatic heterocycles. The first-order valence-corrected chi connectivity index (χ1v) is 7.29. The van der Waals surface area contributed by atoms with Crippen LogP contribution in [-0.4, -0.2) is 11.0 Å². The Morgan fingerprint density at radius 1 is 1.40 bits per heavy atom. The molecule has 1 aliphatic carbocycles. The Hall–Kier alpha value is -1.81. The lowest BCUT2D eigenvalue weighted by molar-refractivity contribution is 0.500. The van der Waals surface area contributed by atoms with E-state index in [9.17, 15) is 0 Å². The molecule has 0 aliphatic heterocycles. The van der Waals surface area contributed by atoms with E-state index in [1.807, 2.05) is 12.1 Å². The van der Waals surface area contributed by atoms with Gasteiger partial charge < -0.3 is 15.1 Å². The SMILES string of the molecule is CCc1cc(CN)cc(N(Cc2ccco2)C2CC2)n1. The second-order valence-corrected chi connectivity index (χ2v) is 5.32. The molecule has 0 saturated heterocycles. The maximum absolute atomic E-state index is 5.81. The van der Waals surface area contributed by atoms with E-state index in [0.29, 0.717) is 12.6 Å². The normalized spacial score (nSPS) is 14.5. The number of nitrogens with two attached hydrogens (primary N) is 1. The van der Waals surface area contributed by atoms with E-state index in [4.69, 9.17) is 15.1 Å². The van der Waals surface area contributed by atoms with Gasteiger partial charge in [0.1, 0.15) is 11.6 Å². The molecule has 0 amide bonds. The van der Waals surface area contributed by atoms with Crippen LogP contribution in [0.1, 0.15) is 36.8 Å². The summed E-state index contributed by atoms with van der Waals surface area (Å²) in [6.45, 7) is 3.46. The number of pyridine rings is 1. The van der Waals surface area contributed by atoms with Gasteiger partial charge in [0.15, 0.2) is 0 Å². The Labute approximate surface area is 119 Å². The van der Waals surface area contributed by atoms with Crippen molar-refractivity contribution in [3.8, 4) is 0 Å². The number of hydrogen-bond acceptors (Lipinski definition) is 4. The van der Waals surface area contributed by atoms with Crippen molar-refractivity contribution in [2.45, 2.75) is 45.3 Å². The summed E-state index contributed by atoms with van der Waals surface area (Å²) in [5, 5.41) is 0. The van der Waals surface area contributed by atoms with Gasteiger partial charge in [-0.1, -0.05) is 6.92 Å². The minimum atomic E-state index is 0.557. The summed E-state index contributed by atoms with van der Waals surface area (Å²) in [6, 6.07) is 8.75. The number of anilines is 1. The summed E-state index contributed by atoms with van der Waals surface area (Å²) in [7, 11) is 0. The van der Waals surface area contributed by atoms with Gasteiger partial charge in [0.05, 0.1) is 12.8 Å². The predicted octanol–water partition coefficient (Wildman–Crippen LogP) is 2.86. The first-order chi connectivity index (χ1) is 9.80. The van der Waals surface area contributed by atoms with Crippen LogP contribution in [0.3, 0.4) is 0 Å². The van der Waals surface area contributed by atoms with Crippen LogP contribution in [0.2, 0.25) is 0 Å². The van der Waals surface area contributed by atoms with Gasteiger partial charge in [0.25, 0.3) is 0 Å². The van der Waals surface area contributed by atoms with Crippen LogP contribution in [0.5, 0.6) is 0 Å². The molecular formula is C16H21N3O. The number of rotatable bonds is 6. The molecule has 3 rings (SSSR count). The third kappa shape index (κ3) is 2.85. The van der Waals surface area contributed by atoms with Crippen molar-refractivity contribution in [2.75, 3.05) is 4.90 Å². The topological polar surface area (TPSA) is 55.3 Å². The second kappa shape index (κ2) is 5.67. The molecule has 0 spiro atoms. The maximum Gasteiger partial charge on any atom is 0.129 e. The predicted molar refractivity (Wildman–Crippen MR) is 79.4 cm³/mol. The molecule has 1 aliphatic rings. The molecule has 0 bridgehead atoms. The van der Waals surface area contributed by atoms with Crippen LogP contribution in [0.25, 0.3) is 0 Å². The molecule has 0 atom stereocenters. The van der Waals surface area contributed by atoms with Gasteiger partial charge in [0, 0.05) is 18.3 Å². The first kappa shape index (κ1) is 13.2. The van der Waals surface area contributed by atoms with E-state index in [0.717, 1.165) is 35.8 Å². The van der Waals surface area contributed by atoms with Crippen LogP contribution < -0.4 is 10.6 Å². The molecular weight excluding hydrogens is 250 g/mol. The van der Waals surface area contributed by atoms with E-state index in [-0.39, 0.29) is 0 Å². The zero-order valence-electron chi connectivity index (χ0n) is 11.9. The zero-order chi connectivity index (χ0) is 13.9. The monoisotopic (exact) mass is 271 g/mol. The summed E-state index contributed by atoms with van der Waals surface area (Å²) in [4.78, 5) is 7.12. The molecule has 1 saturated carbocycles. The molecule has 2 N–H and O–H groups in total. The molecule has 1 fully saturated rings. The number of nitrogens with zero attached hydrogens (tertiary/aromatic N) is 2. The summed E-state index contributed by atoms with van der Waals surface area (Å²) in [6.07, 6.45) is 5.12. The molecule has 106 valence electrons. The highest BCUT2D eigenvalue weighted by molar-refractivity contribution is 5.45. The molecule has 4 heteroatoms. The Morgan fingerprint density at radius 3 is 2.85 bits per heavy atom. The number of furan rings is 1. The van der Waals surface area contributed by atoms with E-state index in [1.54, 1.807) is 6.26 Å². The fourth-order valence-electron chi connectivity index (χ4n) is 2.43. The Bertz CT molecular complexity index is 539. The Kier molecular flexibility index (Phi) is 3.74. The van der Waals surface area contributed by atoms with Gasteiger partial charge in [-0.25, -0.2) is 4.98 Å². The lowest BCUT2D eigenvalue weighted by atomic mass is 10.2. The van der Waals surface area contributed by atoms with Crippen molar-refractivity contribution in [2.24, 2.45) is 5.73 Å². The van der Waals surface area contributed by atoms with Gasteiger partial charge in [-0.2, -0.15) is 0 Å². The van der Waals surface area contributed by atoms with Crippen LogP contribution in [0.4, 0.5) is 5.82 Å². The van der Waals surface area contributed by atoms with Gasteiger partial charge in [-0.15, -0.1) is 0 Å². The van der Waals surface area contributed by atoms with Crippen molar-refractivity contribution in [1.82, 2.24) is 4.98 Å². The molecule has 4 nitrogen and oxygen atoms in total. The summed E-state index contributed by atoms with van der Waals surface area (Å²) < 4.78 is 5.48. The maximum atomic E-state index is 5.81. The third-order valence-corrected chi connectivity index (χ3v) is 3.71. The van der Waals surface area contributed by atoms with Crippen molar-refractivity contribution in [3.05, 3.63) is 47.5 Å². The van der Waals surface area contributed by atoms with Crippen molar-refractivity contribution in [1.29, 1.82) is 0 Å². The van der Waals surface area contributed by atoms with Gasteiger partial charge in [-0.05, 0) is 49.1 Å². The van der Waals surface area contributed by atoms with Crippen molar-refractivity contribution in [3.63, 3.8) is 0 Å². The highest BCUT2D eigenvalue weighted by Gasteiger charge is 2.30. The molecule has 20 heavy (non-hydrogen) atoms. The van der Waals surface area contributed by atoms with E-state index < -0.39 is 0 Å². The molecule has 2 heterocycles. The Morgan fingerprint density at radius 2 is 2.25 bits per heavy atom. The summed E-state index contributed by atoms with van der Waals surface area (Å²) in [5.41, 5.74) is 8.06. The minimum Gasteiger partial charge on any atom is -0.467 e. The first-order valence-electron chi connectivity index (χ1n) is 7.29. The van der Waals surface area contributed by atoms with E-state index in [1.165, 1.54) is 12.8 Å². The van der Waals surface area contributed by atoms with Gasteiger partial charge in [0.2, 0.25) is 0 Å². The number of aromatic nitrogens is 1. The fraction of sp³-hybridized carbons (Fsp3) is 0.438. The number of hydrogen-bond donors (Lipinski definition) is 1. The summed E-state index contributed by atoms with van der Waals surface area (Å²) in [5.74, 6) is 2.01. The fourth-order valence-corrected chi connectivity index (χ4v) is 2.43. The number of aryl methyl sites for hydroxylation is 1. The molecule has 0 radical (unpaired) electrons. The quantitative estimate of drug-likeness (QED) is 0.877. The van der Waals surface area contributed by atoms with E-state index in [2.05, 4.69) is 24.0 Å². The van der Waals surface area contributed by atoms with E-state index >= 15 is 0 Å². The second-order valence-electron chi connectivity index (χ2n) is 5.32. The lowest BCUT2D eigenvalue weighted by Gasteiger charge is -2.23. The van der Waals surface area contributed by atoms with Crippen LogP contribution in [0.15, 0.2) is 34.9 Å². The average Bonchev–Trinajstić information content (AvgIpc) is 3.20. The molecule has 0 unspecified atom stereocenters. The third-order valence-electron chi connectivity index (χ3n) is 3.71. The smallest absolute Gasteiger partial charge is 0.129 e. The Balaban J connectivity index is 1.90. The highest BCUT2D eigenvalue weighted by atomic mass is 16.3. The van der Waals surface area contributed by atoms with Crippen LogP contribution >= 0.6 is 0 Å². The van der Waals surface area contributed by atoms with Crippen molar-refractivity contribution < 1.29 is 4.42 Å². The zero-order valence-corrected chi connectivity index (χ0v) is 11.9. The highest BCUT2D eigenvalue weighted by Crippen LogP contribution is 2.32. The van der Waals surface area contributed by atoms with Crippen LogP contribution in [-0.2, 0) is 19.5 Å². The minimum absolute atomic E-state index is 0.557. The van der Waals surface area contributed by atoms with Gasteiger partial charge in [-0.3, -0.25) is 0 Å². The molecule has 2 aromatic rings. The van der Waals surface area contributed by atoms with Crippen LogP contribution in [0, 0.1) is 0 Å². The largest absolute Gasteiger partial charge is 0.467 e. The van der Waals surface area contributed by atoms with Gasteiger partial charge >= 0.3 is 0 Å². The average molecular weight is 271 g/mol. The lowest BCUT2D eigenvalue weighted by Crippen LogP contribution is -2.26. The molecule has 0 aromatic carbocycles. The standard InChI is InChI=1S/C16H21N3O/c1-2-13-8-12(10-17)9-16(18-13)19(14-5-6-14)11-15-4-3-7-20-15/h3-4,7-9,14H,2,5-6,10-11,17H2,1H3. The summed E-state index contributed by atoms with van der Waals surface area (Å²) >= 11 is 0.